The zero-order valence-electron chi connectivity index (χ0n) is 16.7. The van der Waals surface area contributed by atoms with Gasteiger partial charge in [-0.15, -0.1) is 0 Å². The third-order valence-corrected chi connectivity index (χ3v) is 5.94. The molecule has 1 saturated heterocycles. The van der Waals surface area contributed by atoms with Crippen molar-refractivity contribution in [2.24, 2.45) is 5.92 Å². The number of nitrogens with zero attached hydrogens (tertiary/aromatic N) is 1. The number of hydrogen-bond acceptors (Lipinski definition) is 3. The smallest absolute Gasteiger partial charge is 0.125 e. The Bertz CT molecular complexity index is 725. The van der Waals surface area contributed by atoms with E-state index in [-0.39, 0.29) is 0 Å². The van der Waals surface area contributed by atoms with Crippen molar-refractivity contribution < 1.29 is 4.74 Å². The normalized spacial score (nSPS) is 19.0. The van der Waals surface area contributed by atoms with Gasteiger partial charge in [0.2, 0.25) is 0 Å². The summed E-state index contributed by atoms with van der Waals surface area (Å²) in [5.41, 5.74) is 5.22. The van der Waals surface area contributed by atoms with Crippen molar-refractivity contribution in [1.82, 2.24) is 10.2 Å². The van der Waals surface area contributed by atoms with E-state index < -0.39 is 0 Å². The first-order valence-electron chi connectivity index (χ1n) is 10.4. The Hall–Kier alpha value is -1.84. The highest BCUT2D eigenvalue weighted by Gasteiger charge is 2.31. The van der Waals surface area contributed by atoms with Crippen LogP contribution in [0.2, 0.25) is 0 Å². The second kappa shape index (κ2) is 8.45. The first kappa shape index (κ1) is 18.5. The number of hydrogen-bond donors (Lipinski definition) is 1. The molecular weight excluding hydrogens is 332 g/mol. The fraction of sp³-hybridized carbons (Fsp3) is 0.500. The summed E-state index contributed by atoms with van der Waals surface area (Å²) >= 11 is 0. The molecule has 2 aromatic rings. The molecule has 0 spiro atoms. The van der Waals surface area contributed by atoms with Crippen LogP contribution in [0.1, 0.15) is 47.6 Å². The largest absolute Gasteiger partial charge is 0.488 e. The van der Waals surface area contributed by atoms with Crippen LogP contribution in [0.5, 0.6) is 5.75 Å². The first-order chi connectivity index (χ1) is 13.2. The number of piperazine rings is 1. The summed E-state index contributed by atoms with van der Waals surface area (Å²) in [6.07, 6.45) is 4.14. The zero-order chi connectivity index (χ0) is 18.6. The quantitative estimate of drug-likeness (QED) is 0.775. The maximum atomic E-state index is 6.20. The van der Waals surface area contributed by atoms with Gasteiger partial charge in [0.1, 0.15) is 12.4 Å². The Balaban J connectivity index is 1.53. The molecule has 0 unspecified atom stereocenters. The van der Waals surface area contributed by atoms with Crippen LogP contribution in [0.4, 0.5) is 0 Å². The van der Waals surface area contributed by atoms with E-state index in [9.17, 15) is 0 Å². The topological polar surface area (TPSA) is 24.5 Å². The van der Waals surface area contributed by atoms with Crippen LogP contribution in [-0.2, 0) is 6.61 Å². The molecule has 27 heavy (non-hydrogen) atoms. The van der Waals surface area contributed by atoms with Gasteiger partial charge in [-0.25, -0.2) is 0 Å². The molecule has 1 N–H and O–H groups in total. The number of benzene rings is 2. The fourth-order valence-electron chi connectivity index (χ4n) is 4.29. The highest BCUT2D eigenvalue weighted by molar-refractivity contribution is 5.44. The summed E-state index contributed by atoms with van der Waals surface area (Å²) in [6.45, 7) is 9.55. The van der Waals surface area contributed by atoms with Crippen LogP contribution in [0.25, 0.3) is 0 Å². The maximum absolute atomic E-state index is 6.20. The lowest BCUT2D eigenvalue weighted by Crippen LogP contribution is -2.45. The van der Waals surface area contributed by atoms with Crippen molar-refractivity contribution in [3.05, 3.63) is 64.7 Å². The summed E-state index contributed by atoms with van der Waals surface area (Å²) in [7, 11) is 0. The SMILES string of the molecule is Cc1cc([C@H](CC2CC2)N2CCNCC2)cc(C)c1OCc1ccccc1. The van der Waals surface area contributed by atoms with Crippen LogP contribution in [0.3, 0.4) is 0 Å². The molecule has 1 atom stereocenters. The van der Waals surface area contributed by atoms with Crippen LogP contribution >= 0.6 is 0 Å². The van der Waals surface area contributed by atoms with Gasteiger partial charge in [0.15, 0.2) is 0 Å². The maximum Gasteiger partial charge on any atom is 0.125 e. The molecule has 2 fully saturated rings. The average Bonchev–Trinajstić information content (AvgIpc) is 3.51. The highest BCUT2D eigenvalue weighted by atomic mass is 16.5. The standard InChI is InChI=1S/C24H32N2O/c1-18-14-22(23(16-20-8-9-20)26-12-10-25-11-13-26)15-19(2)24(18)27-17-21-6-4-3-5-7-21/h3-7,14-15,20,23,25H,8-13,16-17H2,1-2H3/t23-/m0/s1. The molecule has 0 radical (unpaired) electrons. The molecular formula is C24H32N2O. The van der Waals surface area contributed by atoms with Crippen molar-refractivity contribution in [3.8, 4) is 5.75 Å². The van der Waals surface area contributed by atoms with E-state index in [1.54, 1.807) is 0 Å². The van der Waals surface area contributed by atoms with Crippen LogP contribution < -0.4 is 10.1 Å². The van der Waals surface area contributed by atoms with E-state index in [4.69, 9.17) is 4.74 Å². The Labute approximate surface area is 163 Å². The Kier molecular flexibility index (Phi) is 5.80. The summed E-state index contributed by atoms with van der Waals surface area (Å²) in [5, 5.41) is 3.49. The molecule has 144 valence electrons. The Morgan fingerprint density at radius 3 is 2.33 bits per heavy atom. The van der Waals surface area contributed by atoms with E-state index in [1.807, 2.05) is 6.07 Å². The molecule has 0 bridgehead atoms. The molecule has 4 rings (SSSR count). The van der Waals surface area contributed by atoms with E-state index in [1.165, 1.54) is 41.5 Å². The highest BCUT2D eigenvalue weighted by Crippen LogP contribution is 2.41. The third kappa shape index (κ3) is 4.72. The number of nitrogens with one attached hydrogen (secondary N) is 1. The van der Waals surface area contributed by atoms with Crippen molar-refractivity contribution in [3.63, 3.8) is 0 Å². The molecule has 1 aliphatic carbocycles. The number of rotatable bonds is 7. The Morgan fingerprint density at radius 2 is 1.70 bits per heavy atom. The predicted octanol–water partition coefficient (Wildman–Crippen LogP) is 4.63. The van der Waals surface area contributed by atoms with Gasteiger partial charge in [-0.1, -0.05) is 55.3 Å². The summed E-state index contributed by atoms with van der Waals surface area (Å²) in [6, 6.07) is 15.7. The van der Waals surface area contributed by atoms with Crippen LogP contribution in [0, 0.1) is 19.8 Å². The van der Waals surface area contributed by atoms with E-state index >= 15 is 0 Å². The minimum Gasteiger partial charge on any atom is -0.488 e. The van der Waals surface area contributed by atoms with Gasteiger partial charge in [0, 0.05) is 32.2 Å². The summed E-state index contributed by atoms with van der Waals surface area (Å²) in [5.74, 6) is 1.98. The van der Waals surface area contributed by atoms with E-state index in [0.29, 0.717) is 12.6 Å². The molecule has 0 aromatic heterocycles. The van der Waals surface area contributed by atoms with Crippen molar-refractivity contribution in [1.29, 1.82) is 0 Å². The minimum atomic E-state index is 0.556. The molecule has 1 saturated carbocycles. The summed E-state index contributed by atoms with van der Waals surface area (Å²) < 4.78 is 6.20. The molecule has 3 heteroatoms. The van der Waals surface area contributed by atoms with Gasteiger partial charge in [-0.2, -0.15) is 0 Å². The molecule has 3 nitrogen and oxygen atoms in total. The average molecular weight is 365 g/mol. The molecule has 2 aliphatic rings. The van der Waals surface area contributed by atoms with Gasteiger partial charge < -0.3 is 10.1 Å². The van der Waals surface area contributed by atoms with Crippen molar-refractivity contribution >= 4 is 0 Å². The van der Waals surface area contributed by atoms with Gasteiger partial charge in [0.25, 0.3) is 0 Å². The van der Waals surface area contributed by atoms with Gasteiger partial charge in [-0.05, 0) is 48.4 Å². The van der Waals surface area contributed by atoms with E-state index in [2.05, 4.69) is 60.5 Å². The molecule has 2 aromatic carbocycles. The van der Waals surface area contributed by atoms with E-state index in [0.717, 1.165) is 37.8 Å². The fourth-order valence-corrected chi connectivity index (χ4v) is 4.29. The molecule has 1 heterocycles. The lowest BCUT2D eigenvalue weighted by atomic mass is 9.95. The lowest BCUT2D eigenvalue weighted by Gasteiger charge is -2.36. The zero-order valence-corrected chi connectivity index (χ0v) is 16.7. The lowest BCUT2D eigenvalue weighted by molar-refractivity contribution is 0.160. The second-order valence-electron chi connectivity index (χ2n) is 8.24. The van der Waals surface area contributed by atoms with Crippen molar-refractivity contribution in [2.75, 3.05) is 26.2 Å². The monoisotopic (exact) mass is 364 g/mol. The van der Waals surface area contributed by atoms with Gasteiger partial charge in [-0.3, -0.25) is 4.90 Å². The third-order valence-electron chi connectivity index (χ3n) is 5.94. The molecule has 1 aliphatic heterocycles. The predicted molar refractivity (Wildman–Crippen MR) is 111 cm³/mol. The second-order valence-corrected chi connectivity index (χ2v) is 8.24. The van der Waals surface area contributed by atoms with Crippen LogP contribution in [0.15, 0.2) is 42.5 Å². The van der Waals surface area contributed by atoms with Gasteiger partial charge in [0.05, 0.1) is 0 Å². The number of ether oxygens (including phenoxy) is 1. The number of aryl methyl sites for hydroxylation is 2. The summed E-state index contributed by atoms with van der Waals surface area (Å²) in [4.78, 5) is 2.69. The molecule has 0 amide bonds. The minimum absolute atomic E-state index is 0.556. The van der Waals surface area contributed by atoms with Crippen LogP contribution in [-0.4, -0.2) is 31.1 Å². The van der Waals surface area contributed by atoms with Gasteiger partial charge >= 0.3 is 0 Å². The first-order valence-corrected chi connectivity index (χ1v) is 10.4. The Morgan fingerprint density at radius 1 is 1.04 bits per heavy atom. The van der Waals surface area contributed by atoms with Crippen molar-refractivity contribution in [2.45, 2.75) is 45.8 Å².